The van der Waals surface area contributed by atoms with Crippen molar-refractivity contribution < 1.29 is 23.7 Å². The number of nitrogens with one attached hydrogen (secondary N) is 1. The van der Waals surface area contributed by atoms with Crippen LogP contribution in [0.4, 0.5) is 5.69 Å². The Labute approximate surface area is 230 Å². The van der Waals surface area contributed by atoms with Gasteiger partial charge in [-0.3, -0.25) is 4.79 Å². The molecule has 0 bridgehead atoms. The maximum atomic E-state index is 11.1. The summed E-state index contributed by atoms with van der Waals surface area (Å²) < 4.78 is 23.8. The van der Waals surface area contributed by atoms with Crippen LogP contribution in [-0.4, -0.2) is 45.5 Å². The fraction of sp³-hybridized carbons (Fsp3) is 0.242. The summed E-state index contributed by atoms with van der Waals surface area (Å²) in [6.07, 6.45) is 0. The molecule has 0 atom stereocenters. The molecule has 0 fully saturated rings. The first-order chi connectivity index (χ1) is 19.2. The van der Waals surface area contributed by atoms with Gasteiger partial charge in [0, 0.05) is 12.6 Å². The highest BCUT2D eigenvalue weighted by molar-refractivity contribution is 5.88. The molecule has 0 aliphatic carbocycles. The number of hydrogen-bond acceptors (Lipinski definition) is 5. The lowest BCUT2D eigenvalue weighted by Gasteiger charge is -2.36. The van der Waals surface area contributed by atoms with Crippen LogP contribution in [0.5, 0.6) is 5.75 Å². The molecule has 1 N–H and O–H groups in total. The first kappa shape index (κ1) is 28.0. The lowest BCUT2D eigenvalue weighted by atomic mass is 9.80. The molecule has 4 rings (SSSR count). The van der Waals surface area contributed by atoms with Crippen LogP contribution in [-0.2, 0) is 24.6 Å². The van der Waals surface area contributed by atoms with E-state index in [4.69, 9.17) is 18.9 Å². The smallest absolute Gasteiger partial charge is 0.221 e. The fourth-order valence-electron chi connectivity index (χ4n) is 4.40. The average Bonchev–Trinajstić information content (AvgIpc) is 2.98. The predicted molar refractivity (Wildman–Crippen MR) is 153 cm³/mol. The van der Waals surface area contributed by atoms with E-state index >= 15 is 0 Å². The summed E-state index contributed by atoms with van der Waals surface area (Å²) in [5, 5.41) is 2.73. The quantitative estimate of drug-likeness (QED) is 0.151. The van der Waals surface area contributed by atoms with Crippen molar-refractivity contribution in [2.45, 2.75) is 12.5 Å². The van der Waals surface area contributed by atoms with Crippen LogP contribution >= 0.6 is 0 Å². The third-order valence-electron chi connectivity index (χ3n) is 6.13. The van der Waals surface area contributed by atoms with Gasteiger partial charge in [0.1, 0.15) is 18.0 Å². The Kier molecular flexibility index (Phi) is 10.7. The maximum absolute atomic E-state index is 11.1. The molecule has 0 aromatic heterocycles. The van der Waals surface area contributed by atoms with Crippen LogP contribution in [0.3, 0.4) is 0 Å². The van der Waals surface area contributed by atoms with Gasteiger partial charge in [-0.25, -0.2) is 0 Å². The van der Waals surface area contributed by atoms with Gasteiger partial charge >= 0.3 is 0 Å². The van der Waals surface area contributed by atoms with Crippen molar-refractivity contribution in [2.24, 2.45) is 0 Å². The van der Waals surface area contributed by atoms with E-state index in [-0.39, 0.29) is 5.91 Å². The Morgan fingerprint density at radius 3 is 1.49 bits per heavy atom. The minimum Gasteiger partial charge on any atom is -0.491 e. The van der Waals surface area contributed by atoms with Crippen molar-refractivity contribution in [1.82, 2.24) is 0 Å². The van der Waals surface area contributed by atoms with E-state index in [1.165, 1.54) is 6.92 Å². The number of rotatable bonds is 15. The second-order valence-electron chi connectivity index (χ2n) is 8.91. The molecule has 4 aromatic carbocycles. The third kappa shape index (κ3) is 8.01. The highest BCUT2D eigenvalue weighted by Crippen LogP contribution is 2.40. The minimum atomic E-state index is -0.749. The van der Waals surface area contributed by atoms with Gasteiger partial charge in [-0.15, -0.1) is 0 Å². The summed E-state index contributed by atoms with van der Waals surface area (Å²) in [5.41, 5.74) is 3.18. The van der Waals surface area contributed by atoms with Crippen molar-refractivity contribution in [2.75, 3.05) is 45.0 Å². The third-order valence-corrected chi connectivity index (χ3v) is 6.13. The molecular formula is C33H35NO5. The van der Waals surface area contributed by atoms with E-state index in [0.29, 0.717) is 39.6 Å². The first-order valence-corrected chi connectivity index (χ1v) is 13.1. The van der Waals surface area contributed by atoms with Crippen LogP contribution in [0, 0.1) is 0 Å². The molecule has 39 heavy (non-hydrogen) atoms. The van der Waals surface area contributed by atoms with Gasteiger partial charge in [-0.05, 0) is 41.0 Å². The molecule has 202 valence electrons. The van der Waals surface area contributed by atoms with Crippen LogP contribution in [0.15, 0.2) is 115 Å². The van der Waals surface area contributed by atoms with Gasteiger partial charge < -0.3 is 24.3 Å². The molecule has 0 aliphatic rings. The predicted octanol–water partition coefficient (Wildman–Crippen LogP) is 6.07. The summed E-state index contributed by atoms with van der Waals surface area (Å²) in [7, 11) is 0. The molecule has 0 radical (unpaired) electrons. The Balaban J connectivity index is 1.24. The zero-order valence-corrected chi connectivity index (χ0v) is 22.3. The maximum Gasteiger partial charge on any atom is 0.221 e. The molecule has 1 amide bonds. The van der Waals surface area contributed by atoms with Gasteiger partial charge in [-0.2, -0.15) is 0 Å². The Morgan fingerprint density at radius 2 is 1.03 bits per heavy atom. The lowest BCUT2D eigenvalue weighted by molar-refractivity contribution is -0.114. The monoisotopic (exact) mass is 525 g/mol. The van der Waals surface area contributed by atoms with Gasteiger partial charge in [0.2, 0.25) is 5.91 Å². The standard InChI is InChI=1S/C33H35NO5/c1-27(35)34-31-17-19-32(20-18-31)38-25-23-36-21-22-37-24-26-39-33(28-11-5-2-6-12-28,29-13-7-3-8-14-29)30-15-9-4-10-16-30/h2-20H,21-26H2,1H3,(H,34,35). The number of carbonyl (C=O) groups is 1. The van der Waals surface area contributed by atoms with E-state index in [9.17, 15) is 4.79 Å². The first-order valence-electron chi connectivity index (χ1n) is 13.1. The molecule has 0 saturated carbocycles. The molecule has 6 heteroatoms. The summed E-state index contributed by atoms with van der Waals surface area (Å²) in [6.45, 7) is 4.13. The molecule has 0 heterocycles. The van der Waals surface area contributed by atoms with Gasteiger partial charge in [-0.1, -0.05) is 91.0 Å². The van der Waals surface area contributed by atoms with Crippen LogP contribution in [0.2, 0.25) is 0 Å². The normalized spacial score (nSPS) is 11.2. The molecule has 0 unspecified atom stereocenters. The van der Waals surface area contributed by atoms with Crippen molar-refractivity contribution in [3.8, 4) is 5.75 Å². The van der Waals surface area contributed by atoms with Crippen LogP contribution in [0.1, 0.15) is 23.6 Å². The fourth-order valence-corrected chi connectivity index (χ4v) is 4.40. The lowest BCUT2D eigenvalue weighted by Crippen LogP contribution is -2.34. The van der Waals surface area contributed by atoms with Crippen molar-refractivity contribution >= 4 is 11.6 Å². The Bertz CT molecular complexity index is 1150. The zero-order chi connectivity index (χ0) is 27.2. The Morgan fingerprint density at radius 1 is 0.590 bits per heavy atom. The topological polar surface area (TPSA) is 66.0 Å². The number of hydrogen-bond donors (Lipinski definition) is 1. The number of carbonyl (C=O) groups excluding carboxylic acids is 1. The second kappa shape index (κ2) is 14.8. The zero-order valence-electron chi connectivity index (χ0n) is 22.3. The van der Waals surface area contributed by atoms with E-state index in [2.05, 4.69) is 41.7 Å². The number of ether oxygens (including phenoxy) is 4. The Hall–Kier alpha value is -3.97. The molecular weight excluding hydrogens is 490 g/mol. The molecule has 6 nitrogen and oxygen atoms in total. The average molecular weight is 526 g/mol. The number of amides is 1. The molecule has 0 spiro atoms. The number of benzene rings is 4. The highest BCUT2D eigenvalue weighted by atomic mass is 16.6. The minimum absolute atomic E-state index is 0.103. The summed E-state index contributed by atoms with van der Waals surface area (Å²) in [6, 6.07) is 38.1. The summed E-state index contributed by atoms with van der Waals surface area (Å²) >= 11 is 0. The van der Waals surface area contributed by atoms with Gasteiger partial charge in [0.25, 0.3) is 0 Å². The van der Waals surface area contributed by atoms with Crippen LogP contribution in [0.25, 0.3) is 0 Å². The summed E-state index contributed by atoms with van der Waals surface area (Å²) in [5.74, 6) is 0.619. The van der Waals surface area contributed by atoms with E-state index in [1.54, 1.807) is 12.1 Å². The number of anilines is 1. The van der Waals surface area contributed by atoms with Crippen molar-refractivity contribution in [1.29, 1.82) is 0 Å². The van der Waals surface area contributed by atoms with Gasteiger partial charge in [0.05, 0.1) is 33.0 Å². The molecule has 4 aromatic rings. The van der Waals surface area contributed by atoms with Gasteiger partial charge in [0.15, 0.2) is 0 Å². The highest BCUT2D eigenvalue weighted by Gasteiger charge is 2.37. The SMILES string of the molecule is CC(=O)Nc1ccc(OCCOCCOCCOC(c2ccccc2)(c2ccccc2)c2ccccc2)cc1. The van der Waals surface area contributed by atoms with E-state index in [1.807, 2.05) is 66.7 Å². The van der Waals surface area contributed by atoms with Crippen molar-refractivity contribution in [3.63, 3.8) is 0 Å². The van der Waals surface area contributed by atoms with Crippen LogP contribution < -0.4 is 10.1 Å². The molecule has 0 saturated heterocycles. The van der Waals surface area contributed by atoms with Crippen molar-refractivity contribution in [3.05, 3.63) is 132 Å². The molecule has 0 aliphatic heterocycles. The van der Waals surface area contributed by atoms with E-state index in [0.717, 1.165) is 28.1 Å². The largest absolute Gasteiger partial charge is 0.491 e. The second-order valence-corrected chi connectivity index (χ2v) is 8.91. The summed E-state index contributed by atoms with van der Waals surface area (Å²) in [4.78, 5) is 11.1. The van der Waals surface area contributed by atoms with E-state index < -0.39 is 5.60 Å².